The minimum absolute atomic E-state index is 0.0825. The SMILES string of the molecule is Cc1cc(F)c(C(=O)Nc2cccc(-c3nnnn3C3CCC[C@@H]3O)n2)cc1-c1cnn(C2CC2)c1. The van der Waals surface area contributed by atoms with Gasteiger partial charge in [0.05, 0.1) is 29.9 Å². The second-order valence-electron chi connectivity index (χ2n) is 9.46. The molecule has 2 aliphatic rings. The van der Waals surface area contributed by atoms with Crippen molar-refractivity contribution >= 4 is 11.7 Å². The molecule has 2 atom stereocenters. The number of aliphatic hydroxyl groups excluding tert-OH is 1. The molecule has 2 aliphatic carbocycles. The van der Waals surface area contributed by atoms with Gasteiger partial charge in [-0.15, -0.1) is 5.10 Å². The van der Waals surface area contributed by atoms with E-state index in [4.69, 9.17) is 0 Å². The molecule has 2 fully saturated rings. The van der Waals surface area contributed by atoms with Crippen LogP contribution < -0.4 is 5.32 Å². The number of tetrazole rings is 1. The van der Waals surface area contributed by atoms with Crippen LogP contribution in [0.3, 0.4) is 0 Å². The normalized spacial score (nSPS) is 19.5. The van der Waals surface area contributed by atoms with Crippen LogP contribution in [0.25, 0.3) is 22.6 Å². The maximum atomic E-state index is 14.9. The molecular formula is C25H25FN8O2. The van der Waals surface area contributed by atoms with Crippen molar-refractivity contribution in [2.75, 3.05) is 5.32 Å². The first-order chi connectivity index (χ1) is 17.5. The highest BCUT2D eigenvalue weighted by Gasteiger charge is 2.30. The van der Waals surface area contributed by atoms with Crippen LogP contribution in [0.5, 0.6) is 0 Å². The van der Waals surface area contributed by atoms with Crippen molar-refractivity contribution in [2.45, 2.75) is 57.2 Å². The first kappa shape index (κ1) is 22.5. The zero-order valence-electron chi connectivity index (χ0n) is 19.7. The molecule has 0 saturated heterocycles. The smallest absolute Gasteiger partial charge is 0.259 e. The number of aryl methyl sites for hydroxylation is 1. The maximum absolute atomic E-state index is 14.9. The monoisotopic (exact) mass is 488 g/mol. The summed E-state index contributed by atoms with van der Waals surface area (Å²) in [7, 11) is 0. The summed E-state index contributed by atoms with van der Waals surface area (Å²) < 4.78 is 18.4. The van der Waals surface area contributed by atoms with Gasteiger partial charge in [0, 0.05) is 11.8 Å². The molecule has 3 heterocycles. The van der Waals surface area contributed by atoms with E-state index in [1.54, 1.807) is 35.1 Å². The Hall–Kier alpha value is -3.99. The van der Waals surface area contributed by atoms with Gasteiger partial charge in [0.15, 0.2) is 0 Å². The summed E-state index contributed by atoms with van der Waals surface area (Å²) in [6, 6.07) is 8.18. The van der Waals surface area contributed by atoms with Gasteiger partial charge in [-0.2, -0.15) is 5.10 Å². The Morgan fingerprint density at radius 3 is 2.83 bits per heavy atom. The zero-order valence-corrected chi connectivity index (χ0v) is 19.7. The van der Waals surface area contributed by atoms with Crippen LogP contribution in [-0.2, 0) is 0 Å². The number of aromatic nitrogens is 7. The van der Waals surface area contributed by atoms with Gasteiger partial charge in [-0.25, -0.2) is 14.1 Å². The summed E-state index contributed by atoms with van der Waals surface area (Å²) in [6.07, 6.45) is 7.73. The molecule has 3 aromatic heterocycles. The summed E-state index contributed by atoms with van der Waals surface area (Å²) in [6.45, 7) is 1.81. The van der Waals surface area contributed by atoms with E-state index in [0.29, 0.717) is 24.0 Å². The fourth-order valence-electron chi connectivity index (χ4n) is 4.78. The second kappa shape index (κ2) is 8.90. The number of rotatable bonds is 6. The molecule has 6 rings (SSSR count). The van der Waals surface area contributed by atoms with Crippen LogP contribution in [0.2, 0.25) is 0 Å². The van der Waals surface area contributed by atoms with Crippen LogP contribution in [0.1, 0.15) is 60.1 Å². The average molecular weight is 489 g/mol. The van der Waals surface area contributed by atoms with Gasteiger partial charge in [-0.05, 0) is 84.8 Å². The van der Waals surface area contributed by atoms with Crippen LogP contribution in [0.4, 0.5) is 10.2 Å². The lowest BCUT2D eigenvalue weighted by atomic mass is 9.99. The molecular weight excluding hydrogens is 463 g/mol. The number of amides is 1. The Labute approximate surface area is 206 Å². The molecule has 184 valence electrons. The van der Waals surface area contributed by atoms with Crippen molar-refractivity contribution < 1.29 is 14.3 Å². The minimum Gasteiger partial charge on any atom is -0.391 e. The summed E-state index contributed by atoms with van der Waals surface area (Å²) in [5.41, 5.74) is 2.68. The van der Waals surface area contributed by atoms with Gasteiger partial charge in [0.1, 0.15) is 17.3 Å². The van der Waals surface area contributed by atoms with Crippen LogP contribution in [0.15, 0.2) is 42.7 Å². The summed E-state index contributed by atoms with van der Waals surface area (Å²) in [4.78, 5) is 17.6. The minimum atomic E-state index is -0.612. The molecule has 0 spiro atoms. The fraction of sp³-hybridized carbons (Fsp3) is 0.360. The van der Waals surface area contributed by atoms with Crippen molar-refractivity contribution in [1.82, 2.24) is 35.0 Å². The standard InChI is InChI=1S/C25H25FN8O2/c1-14-10-19(26)18(11-17(14)15-12-27-33(13-15)16-8-9-16)25(36)29-23-7-2-4-20(28-23)24-30-31-32-34(24)21-5-3-6-22(21)35/h2,4,7,10-13,16,21-22,35H,3,5-6,8-9H2,1H3,(H,28,29,36)/t21?,22-/m0/s1. The summed E-state index contributed by atoms with van der Waals surface area (Å²) in [5, 5.41) is 29.3. The van der Waals surface area contributed by atoms with E-state index < -0.39 is 17.8 Å². The molecule has 2 saturated carbocycles. The van der Waals surface area contributed by atoms with Gasteiger partial charge in [-0.3, -0.25) is 9.48 Å². The van der Waals surface area contributed by atoms with E-state index in [0.717, 1.165) is 42.4 Å². The molecule has 2 N–H and O–H groups in total. The van der Waals surface area contributed by atoms with Gasteiger partial charge in [0.25, 0.3) is 5.91 Å². The lowest BCUT2D eigenvalue weighted by Gasteiger charge is -2.15. The van der Waals surface area contributed by atoms with Gasteiger partial charge in [-0.1, -0.05) is 6.07 Å². The average Bonchev–Trinajstić information content (AvgIpc) is 3.21. The Balaban J connectivity index is 1.26. The van der Waals surface area contributed by atoms with E-state index >= 15 is 0 Å². The van der Waals surface area contributed by atoms with Gasteiger partial charge >= 0.3 is 0 Å². The number of hydrogen-bond acceptors (Lipinski definition) is 7. The summed E-state index contributed by atoms with van der Waals surface area (Å²) >= 11 is 0. The molecule has 1 amide bonds. The van der Waals surface area contributed by atoms with Crippen LogP contribution in [-0.4, -0.2) is 52.1 Å². The second-order valence-corrected chi connectivity index (χ2v) is 9.46. The van der Waals surface area contributed by atoms with Gasteiger partial charge < -0.3 is 10.4 Å². The van der Waals surface area contributed by atoms with Crippen molar-refractivity contribution in [3.8, 4) is 22.6 Å². The fourth-order valence-corrected chi connectivity index (χ4v) is 4.78. The lowest BCUT2D eigenvalue weighted by molar-refractivity contribution is 0.102. The predicted molar refractivity (Wildman–Crippen MR) is 129 cm³/mol. The van der Waals surface area contributed by atoms with E-state index in [1.807, 2.05) is 17.8 Å². The largest absolute Gasteiger partial charge is 0.391 e. The molecule has 0 aliphatic heterocycles. The first-order valence-corrected chi connectivity index (χ1v) is 12.1. The van der Waals surface area contributed by atoms with Crippen molar-refractivity contribution in [2.24, 2.45) is 0 Å². The van der Waals surface area contributed by atoms with E-state index in [-0.39, 0.29) is 17.4 Å². The number of anilines is 1. The Kier molecular flexibility index (Phi) is 5.56. The number of nitrogens with one attached hydrogen (secondary N) is 1. The van der Waals surface area contributed by atoms with Crippen molar-refractivity contribution in [3.63, 3.8) is 0 Å². The zero-order chi connectivity index (χ0) is 24.8. The number of halogens is 1. The number of nitrogens with zero attached hydrogens (tertiary/aromatic N) is 7. The molecule has 36 heavy (non-hydrogen) atoms. The lowest BCUT2D eigenvalue weighted by Crippen LogP contribution is -2.20. The number of hydrogen-bond donors (Lipinski definition) is 2. The Bertz CT molecular complexity index is 1440. The van der Waals surface area contributed by atoms with Crippen molar-refractivity contribution in [1.29, 1.82) is 0 Å². The Morgan fingerprint density at radius 1 is 1.19 bits per heavy atom. The number of pyridine rings is 1. The summed E-state index contributed by atoms with van der Waals surface area (Å²) in [5.74, 6) is -0.590. The Morgan fingerprint density at radius 2 is 2.06 bits per heavy atom. The molecule has 4 aromatic rings. The third-order valence-corrected chi connectivity index (χ3v) is 6.86. The highest BCUT2D eigenvalue weighted by Crippen LogP contribution is 2.36. The molecule has 11 heteroatoms. The van der Waals surface area contributed by atoms with Crippen LogP contribution in [0, 0.1) is 12.7 Å². The highest BCUT2D eigenvalue weighted by atomic mass is 19.1. The molecule has 1 aromatic carbocycles. The van der Waals surface area contributed by atoms with Crippen molar-refractivity contribution in [3.05, 3.63) is 59.7 Å². The third-order valence-electron chi connectivity index (χ3n) is 6.86. The number of aliphatic hydroxyl groups is 1. The molecule has 0 bridgehead atoms. The quantitative estimate of drug-likeness (QED) is 0.424. The first-order valence-electron chi connectivity index (χ1n) is 12.1. The van der Waals surface area contributed by atoms with E-state index in [1.165, 1.54) is 6.07 Å². The van der Waals surface area contributed by atoms with Crippen LogP contribution >= 0.6 is 0 Å². The van der Waals surface area contributed by atoms with E-state index in [2.05, 4.69) is 30.9 Å². The number of benzene rings is 1. The highest BCUT2D eigenvalue weighted by molar-refractivity contribution is 6.05. The number of carbonyl (C=O) groups excluding carboxylic acids is 1. The van der Waals surface area contributed by atoms with Gasteiger partial charge in [0.2, 0.25) is 5.82 Å². The molecule has 10 nitrogen and oxygen atoms in total. The maximum Gasteiger partial charge on any atom is 0.259 e. The molecule has 0 radical (unpaired) electrons. The third kappa shape index (κ3) is 4.15. The van der Waals surface area contributed by atoms with E-state index in [9.17, 15) is 14.3 Å². The number of carbonyl (C=O) groups is 1. The molecule has 1 unspecified atom stereocenters. The topological polar surface area (TPSA) is 124 Å². The predicted octanol–water partition coefficient (Wildman–Crippen LogP) is 3.72.